The molecule has 3 rings (SSSR count). The van der Waals surface area contributed by atoms with Crippen LogP contribution in [0.3, 0.4) is 0 Å². The maximum Gasteiger partial charge on any atom is 0.293 e. The molecule has 1 saturated heterocycles. The van der Waals surface area contributed by atoms with E-state index >= 15 is 0 Å². The standard InChI is InChI=1S/C17H19BrN4O2.C5H10O2/c18-14-3-1-2-13(10-14)12-20-16-11-15(4-5-17(16)22(23)24)21-8-6-19-7-9-21;1-5(2,3)7-4-6/h1-5,10-11,19-20H,6-9,12H2;4H,1-3H3. The Kier molecular flexibility index (Phi) is 9.26. The highest BCUT2D eigenvalue weighted by molar-refractivity contribution is 9.10. The smallest absolute Gasteiger partial charge is 0.293 e. The van der Waals surface area contributed by atoms with E-state index in [-0.39, 0.29) is 16.2 Å². The Bertz CT molecular complexity index is 880. The zero-order valence-electron chi connectivity index (χ0n) is 18.1. The predicted octanol–water partition coefficient (Wildman–Crippen LogP) is 4.34. The summed E-state index contributed by atoms with van der Waals surface area (Å²) in [5.74, 6) is 0. The number of benzene rings is 2. The maximum atomic E-state index is 11.3. The molecule has 2 aromatic rings. The monoisotopic (exact) mass is 492 g/mol. The van der Waals surface area contributed by atoms with Crippen molar-refractivity contribution in [1.29, 1.82) is 0 Å². The lowest BCUT2D eigenvalue weighted by molar-refractivity contribution is -0.384. The van der Waals surface area contributed by atoms with Crippen molar-refractivity contribution in [1.82, 2.24) is 5.32 Å². The van der Waals surface area contributed by atoms with E-state index in [1.807, 2.05) is 57.2 Å². The highest BCUT2D eigenvalue weighted by Gasteiger charge is 2.17. The molecule has 1 aliphatic rings. The molecule has 8 nitrogen and oxygen atoms in total. The molecule has 0 spiro atoms. The number of nitrogens with zero attached hydrogens (tertiary/aromatic N) is 2. The van der Waals surface area contributed by atoms with Gasteiger partial charge in [0, 0.05) is 49.0 Å². The lowest BCUT2D eigenvalue weighted by Crippen LogP contribution is -2.43. The molecular weight excluding hydrogens is 464 g/mol. The average molecular weight is 493 g/mol. The number of nitrogens with one attached hydrogen (secondary N) is 2. The van der Waals surface area contributed by atoms with Gasteiger partial charge in [-0.15, -0.1) is 0 Å². The van der Waals surface area contributed by atoms with Gasteiger partial charge < -0.3 is 20.3 Å². The van der Waals surface area contributed by atoms with Crippen molar-refractivity contribution in [3.8, 4) is 0 Å². The molecular formula is C22H29BrN4O4. The van der Waals surface area contributed by atoms with Gasteiger partial charge in [0.15, 0.2) is 0 Å². The van der Waals surface area contributed by atoms with E-state index in [1.165, 1.54) is 0 Å². The van der Waals surface area contributed by atoms with Gasteiger partial charge in [-0.2, -0.15) is 0 Å². The molecule has 0 unspecified atom stereocenters. The largest absolute Gasteiger partial charge is 0.462 e. The number of hydrogen-bond acceptors (Lipinski definition) is 7. The number of anilines is 2. The lowest BCUT2D eigenvalue weighted by Gasteiger charge is -2.29. The Labute approximate surface area is 191 Å². The molecule has 0 aromatic heterocycles. The van der Waals surface area contributed by atoms with Gasteiger partial charge in [0.1, 0.15) is 11.3 Å². The van der Waals surface area contributed by atoms with E-state index in [0.29, 0.717) is 18.7 Å². The molecule has 1 aliphatic heterocycles. The SMILES string of the molecule is CC(C)(C)OC=O.O=[N+]([O-])c1ccc(N2CCNCC2)cc1NCc1cccc(Br)c1. The van der Waals surface area contributed by atoms with E-state index in [4.69, 9.17) is 0 Å². The number of nitro benzene ring substituents is 1. The number of ether oxygens (including phenoxy) is 1. The normalized spacial score (nSPS) is 13.6. The van der Waals surface area contributed by atoms with Crippen LogP contribution < -0.4 is 15.5 Å². The van der Waals surface area contributed by atoms with Gasteiger partial charge in [-0.25, -0.2) is 0 Å². The van der Waals surface area contributed by atoms with Crippen LogP contribution in [-0.4, -0.2) is 43.2 Å². The van der Waals surface area contributed by atoms with Crippen LogP contribution in [0.4, 0.5) is 17.1 Å². The molecule has 2 N–H and O–H groups in total. The Morgan fingerprint density at radius 1 is 1.23 bits per heavy atom. The molecule has 31 heavy (non-hydrogen) atoms. The van der Waals surface area contributed by atoms with E-state index in [1.54, 1.807) is 6.07 Å². The number of nitro groups is 1. The minimum atomic E-state index is -0.342. The summed E-state index contributed by atoms with van der Waals surface area (Å²) in [4.78, 5) is 22.8. The number of piperazine rings is 1. The third-order valence-corrected chi connectivity index (χ3v) is 4.93. The van der Waals surface area contributed by atoms with Crippen LogP contribution in [0.15, 0.2) is 46.9 Å². The Morgan fingerprint density at radius 3 is 2.48 bits per heavy atom. The number of hydrogen-bond donors (Lipinski definition) is 2. The summed E-state index contributed by atoms with van der Waals surface area (Å²) in [6.07, 6.45) is 0. The second kappa shape index (κ2) is 11.7. The maximum absolute atomic E-state index is 11.3. The van der Waals surface area contributed by atoms with Crippen molar-refractivity contribution < 1.29 is 14.5 Å². The molecule has 1 heterocycles. The number of carbonyl (C=O) groups excluding carboxylic acids is 1. The lowest BCUT2D eigenvalue weighted by atomic mass is 10.2. The fraction of sp³-hybridized carbons (Fsp3) is 0.409. The summed E-state index contributed by atoms with van der Waals surface area (Å²) in [5.41, 5.74) is 2.41. The van der Waals surface area contributed by atoms with Crippen LogP contribution >= 0.6 is 15.9 Å². The minimum absolute atomic E-state index is 0.101. The van der Waals surface area contributed by atoms with Crippen LogP contribution in [0, 0.1) is 10.1 Å². The quantitative estimate of drug-likeness (QED) is 0.351. The van der Waals surface area contributed by atoms with Gasteiger partial charge >= 0.3 is 0 Å². The third kappa shape index (κ3) is 8.55. The van der Waals surface area contributed by atoms with E-state index in [0.717, 1.165) is 41.9 Å². The minimum Gasteiger partial charge on any atom is -0.462 e. The van der Waals surface area contributed by atoms with Gasteiger partial charge in [-0.05, 0) is 50.6 Å². The third-order valence-electron chi connectivity index (χ3n) is 4.43. The molecule has 0 bridgehead atoms. The zero-order chi connectivity index (χ0) is 22.9. The molecule has 0 saturated carbocycles. The van der Waals surface area contributed by atoms with Gasteiger partial charge in [0.25, 0.3) is 12.2 Å². The summed E-state index contributed by atoms with van der Waals surface area (Å²) in [6.45, 7) is 10.1. The number of halogens is 1. The van der Waals surface area contributed by atoms with Crippen molar-refractivity contribution in [2.75, 3.05) is 36.4 Å². The summed E-state index contributed by atoms with van der Waals surface area (Å²) in [5, 5.41) is 17.8. The fourth-order valence-electron chi connectivity index (χ4n) is 2.93. The van der Waals surface area contributed by atoms with E-state index < -0.39 is 0 Å². The van der Waals surface area contributed by atoms with Crippen molar-refractivity contribution in [2.24, 2.45) is 0 Å². The van der Waals surface area contributed by atoms with Crippen molar-refractivity contribution in [3.05, 3.63) is 62.6 Å². The first kappa shape index (κ1) is 24.6. The molecule has 0 amide bonds. The Hall–Kier alpha value is -2.65. The van der Waals surface area contributed by atoms with Gasteiger partial charge in [-0.1, -0.05) is 28.1 Å². The highest BCUT2D eigenvalue weighted by Crippen LogP contribution is 2.30. The fourth-order valence-corrected chi connectivity index (χ4v) is 3.38. The first-order chi connectivity index (χ1) is 14.7. The average Bonchev–Trinajstić information content (AvgIpc) is 2.72. The van der Waals surface area contributed by atoms with Gasteiger partial charge in [-0.3, -0.25) is 14.9 Å². The van der Waals surface area contributed by atoms with Crippen molar-refractivity contribution in [3.63, 3.8) is 0 Å². The van der Waals surface area contributed by atoms with Crippen LogP contribution in [0.2, 0.25) is 0 Å². The topological polar surface area (TPSA) is 96.7 Å². The molecule has 9 heteroatoms. The van der Waals surface area contributed by atoms with Crippen molar-refractivity contribution >= 4 is 39.5 Å². The first-order valence-electron chi connectivity index (χ1n) is 10.0. The van der Waals surface area contributed by atoms with Crippen LogP contribution in [0.5, 0.6) is 0 Å². The Morgan fingerprint density at radius 2 is 1.94 bits per heavy atom. The summed E-state index contributed by atoms with van der Waals surface area (Å²) >= 11 is 3.44. The molecule has 0 aliphatic carbocycles. The molecule has 1 fully saturated rings. The molecule has 168 valence electrons. The summed E-state index contributed by atoms with van der Waals surface area (Å²) in [7, 11) is 0. The van der Waals surface area contributed by atoms with E-state index in [2.05, 4.69) is 36.2 Å². The first-order valence-corrected chi connectivity index (χ1v) is 10.8. The molecule has 0 radical (unpaired) electrons. The summed E-state index contributed by atoms with van der Waals surface area (Å²) < 4.78 is 5.54. The van der Waals surface area contributed by atoms with Gasteiger partial charge in [0.2, 0.25) is 0 Å². The zero-order valence-corrected chi connectivity index (χ0v) is 19.6. The number of carbonyl (C=O) groups is 1. The summed E-state index contributed by atoms with van der Waals surface area (Å²) in [6, 6.07) is 13.2. The van der Waals surface area contributed by atoms with Crippen molar-refractivity contribution in [2.45, 2.75) is 32.9 Å². The van der Waals surface area contributed by atoms with Crippen LogP contribution in [-0.2, 0) is 16.1 Å². The highest BCUT2D eigenvalue weighted by atomic mass is 79.9. The molecule has 2 aromatic carbocycles. The predicted molar refractivity (Wildman–Crippen MR) is 127 cm³/mol. The van der Waals surface area contributed by atoms with E-state index in [9.17, 15) is 14.9 Å². The Balaban J connectivity index is 0.000000423. The van der Waals surface area contributed by atoms with Crippen LogP contribution in [0.25, 0.3) is 0 Å². The second-order valence-corrected chi connectivity index (χ2v) is 8.92. The molecule has 0 atom stereocenters. The van der Waals surface area contributed by atoms with Crippen LogP contribution in [0.1, 0.15) is 26.3 Å². The number of rotatable bonds is 6. The van der Waals surface area contributed by atoms with Gasteiger partial charge in [0.05, 0.1) is 4.92 Å². The second-order valence-electron chi connectivity index (χ2n) is 8.01.